The number of hydrogen-bond acceptors (Lipinski definition) is 6. The molecule has 3 aromatic carbocycles. The van der Waals surface area contributed by atoms with E-state index in [4.69, 9.17) is 21.1 Å². The summed E-state index contributed by atoms with van der Waals surface area (Å²) in [5, 5.41) is 3.00. The first-order valence-electron chi connectivity index (χ1n) is 12.0. The van der Waals surface area contributed by atoms with Crippen LogP contribution in [0, 0.1) is 13.8 Å². The maximum atomic E-state index is 13.0. The molecule has 0 saturated carbocycles. The van der Waals surface area contributed by atoms with E-state index in [-0.39, 0.29) is 30.2 Å². The smallest absolute Gasteiger partial charge is 0.293 e. The average Bonchev–Trinajstić information content (AvgIpc) is 3.13. The van der Waals surface area contributed by atoms with E-state index in [9.17, 15) is 14.4 Å². The van der Waals surface area contributed by atoms with Gasteiger partial charge in [-0.05, 0) is 79.6 Å². The van der Waals surface area contributed by atoms with Gasteiger partial charge in [-0.2, -0.15) is 0 Å². The van der Waals surface area contributed by atoms with Gasteiger partial charge in [-0.25, -0.2) is 0 Å². The van der Waals surface area contributed by atoms with E-state index in [0.29, 0.717) is 39.3 Å². The molecule has 1 aliphatic rings. The number of nitrogens with one attached hydrogen (secondary N) is 1. The highest BCUT2D eigenvalue weighted by molar-refractivity contribution is 8.18. The molecule has 3 aromatic rings. The van der Waals surface area contributed by atoms with Gasteiger partial charge in [0.1, 0.15) is 0 Å². The second-order valence-electron chi connectivity index (χ2n) is 8.70. The maximum Gasteiger partial charge on any atom is 0.293 e. The van der Waals surface area contributed by atoms with Crippen molar-refractivity contribution in [3.63, 3.8) is 0 Å². The summed E-state index contributed by atoms with van der Waals surface area (Å²) >= 11 is 7.03. The Bertz CT molecular complexity index is 1420. The third kappa shape index (κ3) is 6.76. The minimum atomic E-state index is -0.348. The Labute approximate surface area is 230 Å². The lowest BCUT2D eigenvalue weighted by atomic mass is 10.1. The van der Waals surface area contributed by atoms with Crippen molar-refractivity contribution in [3.8, 4) is 11.5 Å². The zero-order chi connectivity index (χ0) is 27.2. The first-order chi connectivity index (χ1) is 18.2. The summed E-state index contributed by atoms with van der Waals surface area (Å²) in [6.07, 6.45) is 1.65. The molecule has 0 bridgehead atoms. The largest absolute Gasteiger partial charge is 0.490 e. The Morgan fingerprint density at radius 2 is 1.84 bits per heavy atom. The van der Waals surface area contributed by atoms with Crippen LogP contribution in [0.5, 0.6) is 11.5 Å². The number of amides is 3. The summed E-state index contributed by atoms with van der Waals surface area (Å²) in [4.78, 5) is 39.5. The Hall–Kier alpha value is -3.75. The van der Waals surface area contributed by atoms with Crippen molar-refractivity contribution in [1.82, 2.24) is 4.90 Å². The second-order valence-corrected chi connectivity index (χ2v) is 10.1. The van der Waals surface area contributed by atoms with Crippen molar-refractivity contribution in [3.05, 3.63) is 92.8 Å². The van der Waals surface area contributed by atoms with Gasteiger partial charge in [-0.15, -0.1) is 0 Å². The van der Waals surface area contributed by atoms with Crippen LogP contribution in [-0.4, -0.2) is 35.2 Å². The minimum absolute atomic E-state index is 0.220. The van der Waals surface area contributed by atoms with Crippen molar-refractivity contribution in [2.24, 2.45) is 0 Å². The number of benzene rings is 3. The summed E-state index contributed by atoms with van der Waals surface area (Å²) in [5.74, 6) is 0.117. The number of carbonyl (C=O) groups excluding carboxylic acids is 3. The molecule has 0 aliphatic carbocycles. The molecule has 0 spiro atoms. The Kier molecular flexibility index (Phi) is 8.76. The number of carbonyl (C=O) groups is 3. The van der Waals surface area contributed by atoms with E-state index in [1.165, 1.54) is 4.90 Å². The standard InChI is InChI=1S/C29H27ClN2O5S/c1-4-36-25-13-20(9-11-24(25)37-17-27(33)31-22-10-8-19(3)23(30)15-22)14-26-28(34)32(29(35)38-26)16-21-7-5-6-18(2)12-21/h5-15H,4,16-17H2,1-3H3,(H,31,33)/b26-14-. The zero-order valence-electron chi connectivity index (χ0n) is 21.2. The summed E-state index contributed by atoms with van der Waals surface area (Å²) in [7, 11) is 0. The molecular formula is C29H27ClN2O5S. The molecule has 1 saturated heterocycles. The number of hydrogen-bond donors (Lipinski definition) is 1. The summed E-state index contributed by atoms with van der Waals surface area (Å²) in [5.41, 5.74) is 4.11. The molecule has 0 atom stereocenters. The highest BCUT2D eigenvalue weighted by atomic mass is 35.5. The van der Waals surface area contributed by atoms with Gasteiger partial charge in [0, 0.05) is 10.7 Å². The molecule has 1 heterocycles. The van der Waals surface area contributed by atoms with Gasteiger partial charge in [-0.1, -0.05) is 53.6 Å². The van der Waals surface area contributed by atoms with Crippen LogP contribution in [0.2, 0.25) is 5.02 Å². The van der Waals surface area contributed by atoms with Gasteiger partial charge in [0.15, 0.2) is 18.1 Å². The van der Waals surface area contributed by atoms with E-state index in [0.717, 1.165) is 28.5 Å². The van der Waals surface area contributed by atoms with Gasteiger partial charge < -0.3 is 14.8 Å². The second kappa shape index (κ2) is 12.2. The fraction of sp³-hybridized carbons (Fsp3) is 0.207. The van der Waals surface area contributed by atoms with E-state index >= 15 is 0 Å². The fourth-order valence-corrected chi connectivity index (χ4v) is 4.81. The topological polar surface area (TPSA) is 84.9 Å². The molecule has 0 unspecified atom stereocenters. The van der Waals surface area contributed by atoms with Crippen molar-refractivity contribution in [1.29, 1.82) is 0 Å². The van der Waals surface area contributed by atoms with E-state index < -0.39 is 0 Å². The Balaban J connectivity index is 1.44. The molecule has 1 N–H and O–H groups in total. The lowest BCUT2D eigenvalue weighted by molar-refractivity contribution is -0.123. The van der Waals surface area contributed by atoms with Crippen LogP contribution in [0.15, 0.2) is 65.6 Å². The molecule has 1 fully saturated rings. The van der Waals surface area contributed by atoms with Crippen LogP contribution >= 0.6 is 23.4 Å². The van der Waals surface area contributed by atoms with Gasteiger partial charge in [0.05, 0.1) is 18.1 Å². The number of halogens is 1. The fourth-order valence-electron chi connectivity index (χ4n) is 3.79. The molecule has 0 radical (unpaired) electrons. The van der Waals surface area contributed by atoms with E-state index in [2.05, 4.69) is 5.32 Å². The van der Waals surface area contributed by atoms with Gasteiger partial charge in [0.2, 0.25) is 0 Å². The number of imide groups is 1. The van der Waals surface area contributed by atoms with E-state index in [1.807, 2.05) is 51.1 Å². The molecule has 1 aliphatic heterocycles. The number of thioether (sulfide) groups is 1. The Morgan fingerprint density at radius 1 is 1.03 bits per heavy atom. The van der Waals surface area contributed by atoms with Crippen LogP contribution in [0.25, 0.3) is 6.08 Å². The SMILES string of the molecule is CCOc1cc(/C=C2\SC(=O)N(Cc3cccc(C)c3)C2=O)ccc1OCC(=O)Nc1ccc(C)c(Cl)c1. The van der Waals surface area contributed by atoms with Gasteiger partial charge in [0.25, 0.3) is 17.1 Å². The summed E-state index contributed by atoms with van der Waals surface area (Å²) in [6.45, 7) is 6.04. The lowest BCUT2D eigenvalue weighted by Gasteiger charge is -2.13. The monoisotopic (exact) mass is 550 g/mol. The number of anilines is 1. The molecule has 3 amide bonds. The Morgan fingerprint density at radius 3 is 2.58 bits per heavy atom. The predicted octanol–water partition coefficient (Wildman–Crippen LogP) is 6.61. The third-order valence-corrected chi connectivity index (χ3v) is 6.99. The first-order valence-corrected chi connectivity index (χ1v) is 13.2. The molecule has 7 nitrogen and oxygen atoms in total. The molecule has 9 heteroatoms. The quantitative estimate of drug-likeness (QED) is 0.302. The zero-order valence-corrected chi connectivity index (χ0v) is 22.8. The number of nitrogens with zero attached hydrogens (tertiary/aromatic N) is 1. The summed E-state index contributed by atoms with van der Waals surface area (Å²) < 4.78 is 11.4. The number of rotatable bonds is 9. The molecular weight excluding hydrogens is 524 g/mol. The van der Waals surface area contributed by atoms with Crippen LogP contribution in [-0.2, 0) is 16.1 Å². The molecule has 38 heavy (non-hydrogen) atoms. The molecule has 4 rings (SSSR count). The molecule has 196 valence electrons. The highest BCUT2D eigenvalue weighted by Crippen LogP contribution is 2.35. The number of ether oxygens (including phenoxy) is 2. The third-order valence-electron chi connectivity index (χ3n) is 5.68. The van der Waals surface area contributed by atoms with Crippen LogP contribution in [0.4, 0.5) is 10.5 Å². The van der Waals surface area contributed by atoms with Crippen molar-refractivity contribution >= 4 is 52.2 Å². The van der Waals surface area contributed by atoms with E-state index in [1.54, 1.807) is 36.4 Å². The van der Waals surface area contributed by atoms with Crippen LogP contribution < -0.4 is 14.8 Å². The van der Waals surface area contributed by atoms with Crippen molar-refractivity contribution in [2.75, 3.05) is 18.5 Å². The van der Waals surface area contributed by atoms with Crippen molar-refractivity contribution < 1.29 is 23.9 Å². The van der Waals surface area contributed by atoms with Gasteiger partial charge in [-0.3, -0.25) is 19.3 Å². The average molecular weight is 551 g/mol. The summed E-state index contributed by atoms with van der Waals surface area (Å²) in [6, 6.07) is 18.1. The van der Waals surface area contributed by atoms with Crippen molar-refractivity contribution in [2.45, 2.75) is 27.3 Å². The van der Waals surface area contributed by atoms with Gasteiger partial charge >= 0.3 is 0 Å². The molecule has 0 aromatic heterocycles. The maximum absolute atomic E-state index is 13.0. The number of aryl methyl sites for hydroxylation is 2. The predicted molar refractivity (Wildman–Crippen MR) is 151 cm³/mol. The lowest BCUT2D eigenvalue weighted by Crippen LogP contribution is -2.27. The van der Waals surface area contributed by atoms with Crippen LogP contribution in [0.3, 0.4) is 0 Å². The minimum Gasteiger partial charge on any atom is -0.490 e. The normalized spacial score (nSPS) is 14.2. The highest BCUT2D eigenvalue weighted by Gasteiger charge is 2.35. The van der Waals surface area contributed by atoms with Crippen LogP contribution in [0.1, 0.15) is 29.2 Å². The first kappa shape index (κ1) is 27.3.